The van der Waals surface area contributed by atoms with Gasteiger partial charge in [-0.2, -0.15) is 4.98 Å². The fourth-order valence-electron chi connectivity index (χ4n) is 1.71. The van der Waals surface area contributed by atoms with Gasteiger partial charge in [0.25, 0.3) is 0 Å². The maximum atomic E-state index is 5.71. The molecule has 1 aromatic heterocycles. The minimum atomic E-state index is 0.440. The molecule has 0 bridgehead atoms. The third-order valence-electron chi connectivity index (χ3n) is 2.72. The largest absolute Gasteiger partial charge is 0.494 e. The third-order valence-corrected chi connectivity index (χ3v) is 2.72. The molecule has 3 N–H and O–H groups in total. The van der Waals surface area contributed by atoms with Gasteiger partial charge >= 0.3 is 0 Å². The molecule has 20 heavy (non-hydrogen) atoms. The van der Waals surface area contributed by atoms with Crippen molar-refractivity contribution in [2.45, 2.75) is 6.42 Å². The average molecular weight is 273 g/mol. The Morgan fingerprint density at radius 3 is 2.70 bits per heavy atom. The Bertz CT molecular complexity index is 532. The van der Waals surface area contributed by atoms with Crippen molar-refractivity contribution < 1.29 is 9.47 Å². The minimum absolute atomic E-state index is 0.440. The lowest BCUT2D eigenvalue weighted by atomic mass is 10.3. The van der Waals surface area contributed by atoms with Crippen molar-refractivity contribution in [1.82, 2.24) is 4.98 Å². The fraction of sp³-hybridized carbons (Fsp3) is 0.267. The topological polar surface area (TPSA) is 69.4 Å². The van der Waals surface area contributed by atoms with Gasteiger partial charge in [0.1, 0.15) is 11.6 Å². The van der Waals surface area contributed by atoms with Gasteiger partial charge in [0.15, 0.2) is 0 Å². The number of aromatic nitrogens is 1. The summed E-state index contributed by atoms with van der Waals surface area (Å²) in [7, 11) is 1.55. The van der Waals surface area contributed by atoms with E-state index in [1.165, 1.54) is 0 Å². The summed E-state index contributed by atoms with van der Waals surface area (Å²) < 4.78 is 10.7. The van der Waals surface area contributed by atoms with Crippen LogP contribution in [0.25, 0.3) is 0 Å². The second kappa shape index (κ2) is 7.23. The van der Waals surface area contributed by atoms with Gasteiger partial charge in [0.05, 0.1) is 19.4 Å². The molecule has 0 saturated heterocycles. The van der Waals surface area contributed by atoms with Crippen LogP contribution in [0.5, 0.6) is 11.6 Å². The quantitative estimate of drug-likeness (QED) is 0.759. The highest BCUT2D eigenvalue weighted by atomic mass is 16.5. The molecule has 5 nitrogen and oxygen atoms in total. The zero-order valence-corrected chi connectivity index (χ0v) is 11.5. The summed E-state index contributed by atoms with van der Waals surface area (Å²) in [5.74, 6) is 2.08. The van der Waals surface area contributed by atoms with Gasteiger partial charge in [-0.3, -0.25) is 0 Å². The Morgan fingerprint density at radius 2 is 1.95 bits per heavy atom. The summed E-state index contributed by atoms with van der Waals surface area (Å²) in [5, 5.41) is 3.21. The number of nitrogens with one attached hydrogen (secondary N) is 1. The van der Waals surface area contributed by atoms with E-state index in [1.54, 1.807) is 13.2 Å². The van der Waals surface area contributed by atoms with E-state index in [2.05, 4.69) is 10.3 Å². The summed E-state index contributed by atoms with van der Waals surface area (Å²) in [6.45, 7) is 1.43. The number of benzene rings is 1. The number of anilines is 2. The fourth-order valence-corrected chi connectivity index (χ4v) is 1.71. The molecular weight excluding hydrogens is 254 g/mol. The molecule has 0 unspecified atom stereocenters. The second-order valence-electron chi connectivity index (χ2n) is 4.24. The number of hydrogen-bond donors (Lipinski definition) is 2. The van der Waals surface area contributed by atoms with Crippen molar-refractivity contribution in [3.05, 3.63) is 42.5 Å². The second-order valence-corrected chi connectivity index (χ2v) is 4.24. The third kappa shape index (κ3) is 4.05. The standard InChI is InChI=1S/C15H19N3O2/c1-19-15-13(16)8-9-14(18-15)17-10-5-11-20-12-6-3-2-4-7-12/h2-4,6-9H,5,10-11,16H2,1H3,(H,17,18). The number of nitrogens with zero attached hydrogens (tertiary/aromatic N) is 1. The smallest absolute Gasteiger partial charge is 0.238 e. The number of para-hydroxylation sites is 1. The molecule has 106 valence electrons. The molecule has 0 fully saturated rings. The maximum Gasteiger partial charge on any atom is 0.238 e. The molecule has 0 spiro atoms. The van der Waals surface area contributed by atoms with Crippen molar-refractivity contribution in [3.8, 4) is 11.6 Å². The van der Waals surface area contributed by atoms with Crippen molar-refractivity contribution in [2.24, 2.45) is 0 Å². The first-order valence-electron chi connectivity index (χ1n) is 6.52. The van der Waals surface area contributed by atoms with Crippen LogP contribution in [0, 0.1) is 0 Å². The van der Waals surface area contributed by atoms with E-state index in [1.807, 2.05) is 36.4 Å². The Labute approximate surface area is 118 Å². The van der Waals surface area contributed by atoms with Crippen LogP contribution in [-0.4, -0.2) is 25.2 Å². The van der Waals surface area contributed by atoms with Crippen molar-refractivity contribution in [1.29, 1.82) is 0 Å². The van der Waals surface area contributed by atoms with E-state index in [-0.39, 0.29) is 0 Å². The number of methoxy groups -OCH3 is 1. The van der Waals surface area contributed by atoms with Crippen molar-refractivity contribution in [3.63, 3.8) is 0 Å². The Morgan fingerprint density at radius 1 is 1.15 bits per heavy atom. The molecule has 2 rings (SSSR count). The number of hydrogen-bond acceptors (Lipinski definition) is 5. The summed E-state index contributed by atoms with van der Waals surface area (Å²) in [6.07, 6.45) is 0.878. The highest BCUT2D eigenvalue weighted by Crippen LogP contribution is 2.19. The van der Waals surface area contributed by atoms with Crippen molar-refractivity contribution in [2.75, 3.05) is 31.3 Å². The van der Waals surface area contributed by atoms with E-state index in [0.717, 1.165) is 24.5 Å². The molecule has 0 radical (unpaired) electrons. The van der Waals surface area contributed by atoms with Crippen LogP contribution in [-0.2, 0) is 0 Å². The molecule has 0 saturated carbocycles. The predicted octanol–water partition coefficient (Wildman–Crippen LogP) is 2.55. The number of pyridine rings is 1. The Balaban J connectivity index is 1.71. The van der Waals surface area contributed by atoms with Gasteiger partial charge in [-0.25, -0.2) is 0 Å². The summed E-state index contributed by atoms with van der Waals surface area (Å²) in [4.78, 5) is 4.25. The lowest BCUT2D eigenvalue weighted by Crippen LogP contribution is -2.09. The van der Waals surface area contributed by atoms with E-state index in [9.17, 15) is 0 Å². The number of ether oxygens (including phenoxy) is 2. The van der Waals surface area contributed by atoms with Gasteiger partial charge in [0.2, 0.25) is 5.88 Å². The summed E-state index contributed by atoms with van der Waals surface area (Å²) in [5.41, 5.74) is 6.24. The Hall–Kier alpha value is -2.43. The molecule has 1 heterocycles. The van der Waals surface area contributed by atoms with Gasteiger partial charge < -0.3 is 20.5 Å². The zero-order chi connectivity index (χ0) is 14.2. The zero-order valence-electron chi connectivity index (χ0n) is 11.5. The minimum Gasteiger partial charge on any atom is -0.494 e. The lowest BCUT2D eigenvalue weighted by Gasteiger charge is -2.09. The van der Waals surface area contributed by atoms with E-state index >= 15 is 0 Å². The van der Waals surface area contributed by atoms with E-state index < -0.39 is 0 Å². The predicted molar refractivity (Wildman–Crippen MR) is 80.2 cm³/mol. The van der Waals surface area contributed by atoms with Gasteiger partial charge in [-0.1, -0.05) is 18.2 Å². The van der Waals surface area contributed by atoms with Gasteiger partial charge in [-0.15, -0.1) is 0 Å². The number of nitrogen functional groups attached to an aromatic ring is 1. The van der Waals surface area contributed by atoms with Gasteiger partial charge in [-0.05, 0) is 30.7 Å². The van der Waals surface area contributed by atoms with Gasteiger partial charge in [0, 0.05) is 6.54 Å². The molecule has 0 aliphatic rings. The highest BCUT2D eigenvalue weighted by molar-refractivity contribution is 5.53. The van der Waals surface area contributed by atoms with Crippen LogP contribution in [0.1, 0.15) is 6.42 Å². The lowest BCUT2D eigenvalue weighted by molar-refractivity contribution is 0.315. The summed E-state index contributed by atoms with van der Waals surface area (Å²) >= 11 is 0. The maximum absolute atomic E-state index is 5.71. The van der Waals surface area contributed by atoms with Crippen LogP contribution >= 0.6 is 0 Å². The molecule has 0 atom stereocenters. The van der Waals surface area contributed by atoms with E-state index in [4.69, 9.17) is 15.2 Å². The SMILES string of the molecule is COc1nc(NCCCOc2ccccc2)ccc1N. The van der Waals surface area contributed by atoms with Crippen LogP contribution < -0.4 is 20.5 Å². The first-order chi connectivity index (χ1) is 9.79. The first-order valence-corrected chi connectivity index (χ1v) is 6.52. The molecule has 5 heteroatoms. The molecule has 0 aliphatic carbocycles. The summed E-state index contributed by atoms with van der Waals surface area (Å²) in [6, 6.07) is 13.4. The number of rotatable bonds is 7. The van der Waals surface area contributed by atoms with Crippen LogP contribution in [0.2, 0.25) is 0 Å². The first kappa shape index (κ1) is 14.0. The molecule has 2 aromatic rings. The van der Waals surface area contributed by atoms with Crippen LogP contribution in [0.3, 0.4) is 0 Å². The average Bonchev–Trinajstić information content (AvgIpc) is 2.49. The highest BCUT2D eigenvalue weighted by Gasteiger charge is 2.02. The number of nitrogens with two attached hydrogens (primary N) is 1. The van der Waals surface area contributed by atoms with Crippen LogP contribution in [0.15, 0.2) is 42.5 Å². The van der Waals surface area contributed by atoms with Crippen molar-refractivity contribution >= 4 is 11.5 Å². The molecular formula is C15H19N3O2. The normalized spacial score (nSPS) is 10.1. The van der Waals surface area contributed by atoms with Crippen LogP contribution in [0.4, 0.5) is 11.5 Å². The molecule has 0 amide bonds. The Kier molecular flexibility index (Phi) is 5.06. The van der Waals surface area contributed by atoms with E-state index in [0.29, 0.717) is 18.2 Å². The molecule has 1 aromatic carbocycles. The molecule has 0 aliphatic heterocycles. The monoisotopic (exact) mass is 273 g/mol.